The van der Waals surface area contributed by atoms with E-state index in [4.69, 9.17) is 0 Å². The fraction of sp³-hybridized carbons (Fsp3) is 0. The first-order chi connectivity index (χ1) is 12.3. The molecule has 3 aromatic rings. The fourth-order valence-electron chi connectivity index (χ4n) is 2.43. The molecule has 0 heterocycles. The number of hydrogen-bond acceptors (Lipinski definition) is 2. The highest BCUT2D eigenvalue weighted by Crippen LogP contribution is 2.27. The van der Waals surface area contributed by atoms with Crippen LogP contribution < -0.4 is 0 Å². The van der Waals surface area contributed by atoms with Crippen molar-refractivity contribution in [3.05, 3.63) is 112 Å². The van der Waals surface area contributed by atoms with Gasteiger partial charge in [-0.25, -0.2) is 0 Å². The number of nitrogens with zero attached hydrogens (tertiary/aromatic N) is 2. The Bertz CT molecular complexity index is 1000. The van der Waals surface area contributed by atoms with Crippen LogP contribution in [0.1, 0.15) is 22.3 Å². The van der Waals surface area contributed by atoms with Gasteiger partial charge in [-0.15, -0.1) is 0 Å². The Balaban J connectivity index is 2.08. The molecule has 118 valence electrons. The quantitative estimate of drug-likeness (QED) is 0.300. The lowest BCUT2D eigenvalue weighted by Gasteiger charge is -2.02. The van der Waals surface area contributed by atoms with Gasteiger partial charge in [-0.2, -0.15) is 0 Å². The van der Waals surface area contributed by atoms with Crippen molar-refractivity contribution in [3.63, 3.8) is 0 Å². The summed E-state index contributed by atoms with van der Waals surface area (Å²) in [6.45, 7) is 0. The summed E-state index contributed by atoms with van der Waals surface area (Å²) in [7, 11) is 0. The Morgan fingerprint density at radius 2 is 1.36 bits per heavy atom. The third-order valence-electron chi connectivity index (χ3n) is 3.67. The fourth-order valence-corrected chi connectivity index (χ4v) is 2.43. The van der Waals surface area contributed by atoms with Crippen LogP contribution in [0.25, 0.3) is 16.4 Å². The molecule has 25 heavy (non-hydrogen) atoms. The van der Waals surface area contributed by atoms with E-state index in [1.54, 1.807) is 24.3 Å². The van der Waals surface area contributed by atoms with E-state index < -0.39 is 0 Å². The average Bonchev–Trinajstić information content (AvgIpc) is 2.69. The van der Waals surface area contributed by atoms with E-state index in [1.165, 1.54) is 0 Å². The first-order valence-electron chi connectivity index (χ1n) is 7.80. The number of aliphatic hydroxyl groups excluding tert-OH is 1. The van der Waals surface area contributed by atoms with Gasteiger partial charge in [-0.1, -0.05) is 60.4 Å². The summed E-state index contributed by atoms with van der Waals surface area (Å²) in [5, 5.41) is 20.1. The van der Waals surface area contributed by atoms with Crippen molar-refractivity contribution in [1.82, 2.24) is 0 Å². The van der Waals surface area contributed by atoms with Crippen molar-refractivity contribution < 1.29 is 5.11 Å². The summed E-state index contributed by atoms with van der Waals surface area (Å²) in [6.07, 6.45) is 0. The second-order valence-electron chi connectivity index (χ2n) is 5.32. The summed E-state index contributed by atoms with van der Waals surface area (Å²) in [5.41, 5.74) is 2.78. The lowest BCUT2D eigenvalue weighted by atomic mass is 10.0. The predicted molar refractivity (Wildman–Crippen MR) is 99.8 cm³/mol. The maximum Gasteiger partial charge on any atom is 0.433 e. The SMILES string of the molecule is N#[N+]/C(=C(/O)c1ccccc1C#Cc1ccccc1)c1ccccc1. The van der Waals surface area contributed by atoms with E-state index in [1.807, 2.05) is 60.7 Å². The van der Waals surface area contributed by atoms with E-state index in [0.29, 0.717) is 16.7 Å². The number of benzene rings is 3. The van der Waals surface area contributed by atoms with E-state index in [-0.39, 0.29) is 11.5 Å². The van der Waals surface area contributed by atoms with Gasteiger partial charge in [0.15, 0.2) is 4.98 Å². The molecule has 3 nitrogen and oxygen atoms in total. The Labute approximate surface area is 146 Å². The van der Waals surface area contributed by atoms with Gasteiger partial charge >= 0.3 is 5.70 Å². The molecule has 0 aliphatic heterocycles. The molecule has 1 N–H and O–H groups in total. The molecule has 0 saturated carbocycles. The van der Waals surface area contributed by atoms with Crippen molar-refractivity contribution in [2.75, 3.05) is 0 Å². The molecule has 0 spiro atoms. The van der Waals surface area contributed by atoms with Crippen molar-refractivity contribution in [2.45, 2.75) is 0 Å². The van der Waals surface area contributed by atoms with Gasteiger partial charge in [0, 0.05) is 16.7 Å². The topological polar surface area (TPSA) is 48.4 Å². The lowest BCUT2D eigenvalue weighted by molar-refractivity contribution is 0.513. The lowest BCUT2D eigenvalue weighted by Crippen LogP contribution is -1.92. The molecule has 0 fully saturated rings. The minimum Gasteiger partial charge on any atom is -0.501 e. The van der Waals surface area contributed by atoms with Gasteiger partial charge in [0.1, 0.15) is 0 Å². The molecule has 0 aliphatic rings. The summed E-state index contributed by atoms with van der Waals surface area (Å²) < 4.78 is 0. The third kappa shape index (κ3) is 3.75. The highest BCUT2D eigenvalue weighted by Gasteiger charge is 2.23. The van der Waals surface area contributed by atoms with Crippen molar-refractivity contribution >= 4 is 11.5 Å². The van der Waals surface area contributed by atoms with E-state index in [9.17, 15) is 10.5 Å². The molecule has 0 aromatic heterocycles. The molecule has 3 heteroatoms. The van der Waals surface area contributed by atoms with Gasteiger partial charge < -0.3 is 5.11 Å². The molecule has 0 saturated heterocycles. The van der Waals surface area contributed by atoms with E-state index in [0.717, 1.165) is 5.56 Å². The first kappa shape index (κ1) is 16.1. The minimum absolute atomic E-state index is 0.106. The zero-order chi connectivity index (χ0) is 17.5. The third-order valence-corrected chi connectivity index (χ3v) is 3.67. The average molecular weight is 323 g/mol. The standard InChI is InChI=1S/C22H14N2O/c23-24-21(19-12-5-2-6-13-19)22(25)20-14-8-7-11-18(20)16-15-17-9-3-1-4-10-17/h1-14H/p+1/b22-21+. The predicted octanol–water partition coefficient (Wildman–Crippen LogP) is 5.32. The van der Waals surface area contributed by atoms with Crippen LogP contribution >= 0.6 is 0 Å². The Hall–Kier alpha value is -3.82. The monoisotopic (exact) mass is 323 g/mol. The van der Waals surface area contributed by atoms with Crippen LogP contribution in [0.4, 0.5) is 0 Å². The molecule has 0 unspecified atom stereocenters. The van der Waals surface area contributed by atoms with Crippen molar-refractivity contribution in [2.24, 2.45) is 0 Å². The van der Waals surface area contributed by atoms with Gasteiger partial charge in [0.05, 0.1) is 5.56 Å². The summed E-state index contributed by atoms with van der Waals surface area (Å²) in [4.78, 5) is 3.28. The molecule has 0 aliphatic carbocycles. The molecule has 3 rings (SSSR count). The normalized spacial score (nSPS) is 10.8. The molecule has 0 bridgehead atoms. The summed E-state index contributed by atoms with van der Waals surface area (Å²) >= 11 is 0. The van der Waals surface area contributed by atoms with Crippen LogP contribution in [-0.4, -0.2) is 5.11 Å². The van der Waals surface area contributed by atoms with Crippen LogP contribution in [0.15, 0.2) is 84.9 Å². The minimum atomic E-state index is -0.119. The van der Waals surface area contributed by atoms with E-state index >= 15 is 0 Å². The molecule has 0 amide bonds. The van der Waals surface area contributed by atoms with Crippen molar-refractivity contribution in [3.8, 4) is 11.8 Å². The smallest absolute Gasteiger partial charge is 0.433 e. The number of aliphatic hydroxyl groups is 1. The second kappa shape index (κ2) is 7.64. The molecule has 0 radical (unpaired) electrons. The molecule has 3 aromatic carbocycles. The zero-order valence-corrected chi connectivity index (χ0v) is 13.4. The van der Waals surface area contributed by atoms with Gasteiger partial charge in [0.25, 0.3) is 0 Å². The number of diazo groups is 1. The zero-order valence-electron chi connectivity index (χ0n) is 13.4. The van der Waals surface area contributed by atoms with Gasteiger partial charge in [-0.3, -0.25) is 0 Å². The largest absolute Gasteiger partial charge is 0.501 e. The Morgan fingerprint density at radius 3 is 2.04 bits per heavy atom. The molecule has 0 atom stereocenters. The molecular weight excluding hydrogens is 308 g/mol. The number of hydrogen-bond donors (Lipinski definition) is 1. The van der Waals surface area contributed by atoms with Crippen LogP contribution in [-0.2, 0) is 0 Å². The van der Waals surface area contributed by atoms with Gasteiger partial charge in [-0.05, 0) is 36.4 Å². The maximum absolute atomic E-state index is 10.7. The highest BCUT2D eigenvalue weighted by atomic mass is 16.3. The van der Waals surface area contributed by atoms with E-state index in [2.05, 4.69) is 16.8 Å². The molecular formula is C22H15N2O+. The maximum atomic E-state index is 10.7. The Kier molecular flexibility index (Phi) is 4.90. The number of rotatable bonds is 2. The van der Waals surface area contributed by atoms with Crippen LogP contribution in [0.3, 0.4) is 0 Å². The van der Waals surface area contributed by atoms with Crippen LogP contribution in [0.5, 0.6) is 0 Å². The second-order valence-corrected chi connectivity index (χ2v) is 5.32. The van der Waals surface area contributed by atoms with Crippen LogP contribution in [0.2, 0.25) is 0 Å². The Morgan fingerprint density at radius 1 is 0.760 bits per heavy atom. The summed E-state index contributed by atoms with van der Waals surface area (Å²) in [5.74, 6) is 6.03. The summed E-state index contributed by atoms with van der Waals surface area (Å²) in [6, 6.07) is 25.9. The van der Waals surface area contributed by atoms with Gasteiger partial charge in [0.2, 0.25) is 11.2 Å². The van der Waals surface area contributed by atoms with Crippen LogP contribution in [0, 0.1) is 17.2 Å². The van der Waals surface area contributed by atoms with Crippen molar-refractivity contribution in [1.29, 1.82) is 5.39 Å². The first-order valence-corrected chi connectivity index (χ1v) is 7.80. The highest BCUT2D eigenvalue weighted by molar-refractivity contribution is 5.91.